The van der Waals surface area contributed by atoms with Gasteiger partial charge in [0, 0.05) is 10.9 Å². The molecular weight excluding hydrogens is 257 g/mol. The van der Waals surface area contributed by atoms with Gasteiger partial charge in [-0.15, -0.1) is 11.3 Å². The quantitative estimate of drug-likeness (QED) is 0.661. The Kier molecular flexibility index (Phi) is 5.10. The molecule has 2 aromatic rings. The van der Waals surface area contributed by atoms with Crippen molar-refractivity contribution in [1.82, 2.24) is 4.98 Å². The van der Waals surface area contributed by atoms with Crippen LogP contribution in [0.5, 0.6) is 0 Å². The fourth-order valence-electron chi connectivity index (χ4n) is 1.39. The van der Waals surface area contributed by atoms with Gasteiger partial charge in [0.2, 0.25) is 0 Å². The average Bonchev–Trinajstić information content (AvgIpc) is 2.80. The maximum absolute atomic E-state index is 11.0. The molecule has 0 bridgehead atoms. The molecule has 0 fully saturated rings. The van der Waals surface area contributed by atoms with Gasteiger partial charge in [0.25, 0.3) is 0 Å². The van der Waals surface area contributed by atoms with Crippen LogP contribution in [0.3, 0.4) is 0 Å². The SMILES string of the molecule is CC(C)(C(=O)[O-])c1nc(-c2ccccc2)cs1.[Na+]. The molecule has 1 heterocycles. The van der Waals surface area contributed by atoms with Crippen LogP contribution in [-0.4, -0.2) is 11.0 Å². The molecule has 0 atom stereocenters. The van der Waals surface area contributed by atoms with Crippen LogP contribution >= 0.6 is 11.3 Å². The van der Waals surface area contributed by atoms with Crippen LogP contribution in [0.1, 0.15) is 18.9 Å². The molecule has 0 saturated carbocycles. The van der Waals surface area contributed by atoms with E-state index in [-0.39, 0.29) is 29.6 Å². The van der Waals surface area contributed by atoms with Crippen LogP contribution in [0.4, 0.5) is 0 Å². The Labute approximate surface area is 132 Å². The van der Waals surface area contributed by atoms with Crippen molar-refractivity contribution in [3.05, 3.63) is 40.7 Å². The molecule has 0 radical (unpaired) electrons. The van der Waals surface area contributed by atoms with Gasteiger partial charge in [-0.05, 0) is 13.8 Å². The molecule has 0 spiro atoms. The molecule has 0 unspecified atom stereocenters. The van der Waals surface area contributed by atoms with Gasteiger partial charge >= 0.3 is 29.6 Å². The molecule has 0 saturated heterocycles. The van der Waals surface area contributed by atoms with Crippen molar-refractivity contribution >= 4 is 17.3 Å². The summed E-state index contributed by atoms with van der Waals surface area (Å²) < 4.78 is 0. The number of carbonyl (C=O) groups excluding carboxylic acids is 1. The van der Waals surface area contributed by atoms with E-state index in [4.69, 9.17) is 0 Å². The van der Waals surface area contributed by atoms with E-state index in [1.54, 1.807) is 13.8 Å². The Morgan fingerprint density at radius 2 is 1.89 bits per heavy atom. The van der Waals surface area contributed by atoms with E-state index in [1.165, 1.54) is 11.3 Å². The van der Waals surface area contributed by atoms with Gasteiger partial charge < -0.3 is 9.90 Å². The standard InChI is InChI=1S/C13H13NO2S.Na/c1-13(2,12(15)16)11-14-10(8-17-11)9-6-4-3-5-7-9;/h3-8H,1-2H3,(H,15,16);/q;+1/p-1. The van der Waals surface area contributed by atoms with E-state index in [0.29, 0.717) is 5.01 Å². The van der Waals surface area contributed by atoms with Crippen molar-refractivity contribution in [1.29, 1.82) is 0 Å². The maximum Gasteiger partial charge on any atom is 1.00 e. The molecule has 2 rings (SSSR count). The largest absolute Gasteiger partial charge is 1.00 e. The first kappa shape index (κ1) is 15.4. The summed E-state index contributed by atoms with van der Waals surface area (Å²) in [7, 11) is 0. The molecule has 0 amide bonds. The predicted octanol–water partition coefficient (Wildman–Crippen LogP) is -1.16. The number of nitrogens with zero attached hydrogens (tertiary/aromatic N) is 1. The first-order chi connectivity index (χ1) is 8.01. The van der Waals surface area contributed by atoms with Gasteiger partial charge in [-0.25, -0.2) is 4.98 Å². The number of aliphatic carboxylic acids is 1. The number of thiazole rings is 1. The van der Waals surface area contributed by atoms with Crippen LogP contribution in [0, 0.1) is 0 Å². The third kappa shape index (κ3) is 3.01. The molecule has 1 aromatic carbocycles. The number of carboxylic acid groups (broad SMARTS) is 1. The minimum absolute atomic E-state index is 0. The van der Waals surface area contributed by atoms with Crippen molar-refractivity contribution < 1.29 is 39.5 Å². The van der Waals surface area contributed by atoms with Crippen LogP contribution in [0.15, 0.2) is 35.7 Å². The molecule has 5 heteroatoms. The monoisotopic (exact) mass is 269 g/mol. The van der Waals surface area contributed by atoms with E-state index in [2.05, 4.69) is 4.98 Å². The molecular formula is C13H12NNaO2S. The number of hydrogen-bond acceptors (Lipinski definition) is 4. The van der Waals surface area contributed by atoms with Crippen molar-refractivity contribution in [3.8, 4) is 11.3 Å². The summed E-state index contributed by atoms with van der Waals surface area (Å²) in [4.78, 5) is 15.4. The molecule has 0 aliphatic heterocycles. The van der Waals surface area contributed by atoms with E-state index in [9.17, 15) is 9.90 Å². The van der Waals surface area contributed by atoms with Crippen molar-refractivity contribution in [3.63, 3.8) is 0 Å². The predicted molar refractivity (Wildman–Crippen MR) is 65.6 cm³/mol. The number of benzene rings is 1. The molecule has 18 heavy (non-hydrogen) atoms. The summed E-state index contributed by atoms with van der Waals surface area (Å²) in [5.74, 6) is -1.11. The zero-order chi connectivity index (χ0) is 12.5. The third-order valence-electron chi connectivity index (χ3n) is 2.62. The van der Waals surface area contributed by atoms with Crippen LogP contribution < -0.4 is 34.7 Å². The fraction of sp³-hybridized carbons (Fsp3) is 0.231. The minimum Gasteiger partial charge on any atom is -0.549 e. The molecule has 3 nitrogen and oxygen atoms in total. The Bertz CT molecular complexity index is 537. The second kappa shape index (κ2) is 5.97. The van der Waals surface area contributed by atoms with Crippen LogP contribution in [-0.2, 0) is 10.2 Å². The third-order valence-corrected chi connectivity index (χ3v) is 3.78. The van der Waals surface area contributed by atoms with E-state index in [0.717, 1.165) is 11.3 Å². The second-order valence-electron chi connectivity index (χ2n) is 4.32. The van der Waals surface area contributed by atoms with Gasteiger partial charge in [-0.3, -0.25) is 0 Å². The van der Waals surface area contributed by atoms with Crippen molar-refractivity contribution in [2.24, 2.45) is 0 Å². The molecule has 0 N–H and O–H groups in total. The molecule has 88 valence electrons. The molecule has 1 aromatic heterocycles. The Morgan fingerprint density at radius 3 is 2.44 bits per heavy atom. The number of aromatic nitrogens is 1. The van der Waals surface area contributed by atoms with Gasteiger partial charge in [0.05, 0.1) is 17.1 Å². The molecule has 0 aliphatic carbocycles. The summed E-state index contributed by atoms with van der Waals surface area (Å²) in [6.45, 7) is 3.21. The summed E-state index contributed by atoms with van der Waals surface area (Å²) >= 11 is 1.35. The summed E-state index contributed by atoms with van der Waals surface area (Å²) in [5, 5.41) is 13.5. The second-order valence-corrected chi connectivity index (χ2v) is 5.17. The van der Waals surface area contributed by atoms with Crippen LogP contribution in [0.2, 0.25) is 0 Å². The zero-order valence-corrected chi connectivity index (χ0v) is 13.5. The van der Waals surface area contributed by atoms with Crippen molar-refractivity contribution in [2.75, 3.05) is 0 Å². The molecule has 0 aliphatic rings. The minimum atomic E-state index is -1.11. The number of carbonyl (C=O) groups is 1. The van der Waals surface area contributed by atoms with E-state index < -0.39 is 11.4 Å². The van der Waals surface area contributed by atoms with Gasteiger partial charge in [-0.2, -0.15) is 0 Å². The smallest absolute Gasteiger partial charge is 0.549 e. The Morgan fingerprint density at radius 1 is 1.28 bits per heavy atom. The van der Waals surface area contributed by atoms with Crippen LogP contribution in [0.25, 0.3) is 11.3 Å². The fourth-order valence-corrected chi connectivity index (χ4v) is 2.33. The summed E-state index contributed by atoms with van der Waals surface area (Å²) in [5.41, 5.74) is 0.751. The first-order valence-corrected chi connectivity index (χ1v) is 6.12. The van der Waals surface area contributed by atoms with Gasteiger partial charge in [0.1, 0.15) is 5.01 Å². The van der Waals surface area contributed by atoms with E-state index >= 15 is 0 Å². The van der Waals surface area contributed by atoms with Gasteiger partial charge in [0.15, 0.2) is 0 Å². The van der Waals surface area contributed by atoms with E-state index in [1.807, 2.05) is 35.7 Å². The Hall–Kier alpha value is -0.680. The topological polar surface area (TPSA) is 53.0 Å². The summed E-state index contributed by atoms with van der Waals surface area (Å²) in [6, 6.07) is 9.69. The zero-order valence-electron chi connectivity index (χ0n) is 10.6. The van der Waals surface area contributed by atoms with Gasteiger partial charge in [-0.1, -0.05) is 30.3 Å². The Balaban J connectivity index is 0.00000162. The summed E-state index contributed by atoms with van der Waals surface area (Å²) in [6.07, 6.45) is 0. The van der Waals surface area contributed by atoms with Crippen molar-refractivity contribution in [2.45, 2.75) is 19.3 Å². The number of carboxylic acids is 1. The maximum atomic E-state index is 11.0. The number of hydrogen-bond donors (Lipinski definition) is 0. The normalized spacial score (nSPS) is 10.8. The first-order valence-electron chi connectivity index (χ1n) is 5.24. The number of rotatable bonds is 3. The average molecular weight is 269 g/mol.